The number of amides is 1. The molecule has 1 N–H and O–H groups in total. The Morgan fingerprint density at radius 1 is 1.26 bits per heavy atom. The molecule has 3 aromatic rings. The highest BCUT2D eigenvalue weighted by molar-refractivity contribution is 5.97. The van der Waals surface area contributed by atoms with Crippen molar-refractivity contribution in [3.05, 3.63) is 71.4 Å². The molecule has 7 nitrogen and oxygen atoms in total. The van der Waals surface area contributed by atoms with Crippen LogP contribution in [0.2, 0.25) is 0 Å². The van der Waals surface area contributed by atoms with Crippen molar-refractivity contribution in [3.63, 3.8) is 0 Å². The summed E-state index contributed by atoms with van der Waals surface area (Å²) in [4.78, 5) is 24.6. The number of carbonyl (C=O) groups excluding carboxylic acids is 2. The first-order valence-corrected chi connectivity index (χ1v) is 8.57. The van der Waals surface area contributed by atoms with E-state index in [1.54, 1.807) is 29.2 Å². The summed E-state index contributed by atoms with van der Waals surface area (Å²) in [6, 6.07) is 10.8. The van der Waals surface area contributed by atoms with Crippen LogP contribution in [0.4, 0.5) is 5.69 Å². The third-order valence-electron chi connectivity index (χ3n) is 4.04. The zero-order valence-corrected chi connectivity index (χ0v) is 15.4. The number of ether oxygens (including phenoxy) is 1. The van der Waals surface area contributed by atoms with Crippen LogP contribution in [0, 0.1) is 13.8 Å². The number of aromatic nitrogens is 2. The van der Waals surface area contributed by atoms with Crippen molar-refractivity contribution < 1.29 is 18.7 Å². The molecule has 0 saturated heterocycles. The molecule has 0 saturated carbocycles. The number of anilines is 1. The van der Waals surface area contributed by atoms with Crippen LogP contribution in [-0.2, 0) is 16.1 Å². The summed E-state index contributed by atoms with van der Waals surface area (Å²) in [5.41, 5.74) is 2.66. The maximum absolute atomic E-state index is 12.3. The molecule has 0 radical (unpaired) electrons. The minimum atomic E-state index is -0.961. The monoisotopic (exact) mass is 367 g/mol. The summed E-state index contributed by atoms with van der Waals surface area (Å²) in [6.45, 7) is 5.76. The lowest BCUT2D eigenvalue weighted by Gasteiger charge is -2.14. The third-order valence-corrected chi connectivity index (χ3v) is 4.04. The standard InChI is InChI=1S/C20H21N3O4/c1-13-5-6-14(2)17(11-13)22-19(24)15(3)26-20(25)18-8-7-16(27-18)12-23-10-4-9-21-23/h4-11,15H,12H2,1-3H3,(H,22,24). The number of rotatable bonds is 6. The highest BCUT2D eigenvalue weighted by Gasteiger charge is 2.22. The van der Waals surface area contributed by atoms with E-state index in [0.29, 0.717) is 18.0 Å². The molecule has 2 aromatic heterocycles. The van der Waals surface area contributed by atoms with Gasteiger partial charge in [0.1, 0.15) is 5.76 Å². The van der Waals surface area contributed by atoms with Gasteiger partial charge in [0.05, 0.1) is 6.54 Å². The fraction of sp³-hybridized carbons (Fsp3) is 0.250. The summed E-state index contributed by atoms with van der Waals surface area (Å²) in [7, 11) is 0. The van der Waals surface area contributed by atoms with Gasteiger partial charge >= 0.3 is 5.97 Å². The molecular formula is C20H21N3O4. The predicted octanol–water partition coefficient (Wildman–Crippen LogP) is 3.33. The topological polar surface area (TPSA) is 86.4 Å². The van der Waals surface area contributed by atoms with Crippen LogP contribution in [0.3, 0.4) is 0 Å². The molecular weight excluding hydrogens is 346 g/mol. The SMILES string of the molecule is Cc1ccc(C)c(NC(=O)C(C)OC(=O)c2ccc(Cn3cccn3)o2)c1. The zero-order valence-electron chi connectivity index (χ0n) is 15.4. The van der Waals surface area contributed by atoms with E-state index in [1.165, 1.54) is 13.0 Å². The van der Waals surface area contributed by atoms with Gasteiger partial charge in [-0.05, 0) is 56.2 Å². The molecule has 0 aliphatic carbocycles. The van der Waals surface area contributed by atoms with Gasteiger partial charge in [-0.2, -0.15) is 5.10 Å². The molecule has 2 heterocycles. The summed E-state index contributed by atoms with van der Waals surface area (Å²) in [6.07, 6.45) is 2.49. The fourth-order valence-electron chi connectivity index (χ4n) is 2.50. The Labute approximate surface area is 156 Å². The average molecular weight is 367 g/mol. The van der Waals surface area contributed by atoms with Crippen molar-refractivity contribution in [1.29, 1.82) is 0 Å². The third kappa shape index (κ3) is 4.63. The smallest absolute Gasteiger partial charge is 0.375 e. The van der Waals surface area contributed by atoms with E-state index in [-0.39, 0.29) is 5.76 Å². The van der Waals surface area contributed by atoms with Gasteiger partial charge in [0.15, 0.2) is 6.10 Å². The van der Waals surface area contributed by atoms with Crippen molar-refractivity contribution in [2.24, 2.45) is 0 Å². The molecule has 0 fully saturated rings. The molecule has 0 spiro atoms. The minimum Gasteiger partial charge on any atom is -0.452 e. The number of nitrogens with one attached hydrogen (secondary N) is 1. The van der Waals surface area contributed by atoms with Gasteiger partial charge in [0.2, 0.25) is 5.76 Å². The minimum absolute atomic E-state index is 0.0449. The second-order valence-corrected chi connectivity index (χ2v) is 6.32. The van der Waals surface area contributed by atoms with E-state index in [9.17, 15) is 9.59 Å². The van der Waals surface area contributed by atoms with Gasteiger partial charge in [0.25, 0.3) is 5.91 Å². The second kappa shape index (κ2) is 7.90. The number of esters is 1. The van der Waals surface area contributed by atoms with Crippen molar-refractivity contribution >= 4 is 17.6 Å². The lowest BCUT2D eigenvalue weighted by molar-refractivity contribution is -0.123. The Hall–Kier alpha value is -3.35. The molecule has 140 valence electrons. The van der Waals surface area contributed by atoms with Crippen molar-refractivity contribution in [1.82, 2.24) is 9.78 Å². The van der Waals surface area contributed by atoms with Crippen molar-refractivity contribution in [2.75, 3.05) is 5.32 Å². The van der Waals surface area contributed by atoms with Gasteiger partial charge in [-0.1, -0.05) is 12.1 Å². The van der Waals surface area contributed by atoms with Gasteiger partial charge in [0, 0.05) is 18.1 Å². The van der Waals surface area contributed by atoms with E-state index in [1.807, 2.05) is 32.0 Å². The van der Waals surface area contributed by atoms with Crippen LogP contribution >= 0.6 is 0 Å². The molecule has 0 bridgehead atoms. The Morgan fingerprint density at radius 3 is 2.81 bits per heavy atom. The van der Waals surface area contributed by atoms with Gasteiger partial charge in [-0.25, -0.2) is 4.79 Å². The number of carbonyl (C=O) groups is 2. The maximum Gasteiger partial charge on any atom is 0.375 e. The molecule has 1 unspecified atom stereocenters. The summed E-state index contributed by atoms with van der Waals surface area (Å²) >= 11 is 0. The average Bonchev–Trinajstić information content (AvgIpc) is 3.30. The zero-order chi connectivity index (χ0) is 19.4. The first kappa shape index (κ1) is 18.4. The first-order valence-electron chi connectivity index (χ1n) is 8.57. The maximum atomic E-state index is 12.3. The summed E-state index contributed by atoms with van der Waals surface area (Å²) in [5.74, 6) is -0.479. The number of hydrogen-bond acceptors (Lipinski definition) is 5. The van der Waals surface area contributed by atoms with Crippen LogP contribution in [0.5, 0.6) is 0 Å². The van der Waals surface area contributed by atoms with E-state index in [0.717, 1.165) is 11.1 Å². The fourth-order valence-corrected chi connectivity index (χ4v) is 2.50. The van der Waals surface area contributed by atoms with Crippen LogP contribution in [-0.4, -0.2) is 27.8 Å². The molecule has 1 aromatic carbocycles. The second-order valence-electron chi connectivity index (χ2n) is 6.32. The largest absolute Gasteiger partial charge is 0.452 e. The van der Waals surface area contributed by atoms with E-state index in [2.05, 4.69) is 10.4 Å². The Kier molecular flexibility index (Phi) is 5.40. The summed E-state index contributed by atoms with van der Waals surface area (Å²) in [5, 5.41) is 6.86. The molecule has 7 heteroatoms. The highest BCUT2D eigenvalue weighted by atomic mass is 16.6. The highest BCUT2D eigenvalue weighted by Crippen LogP contribution is 2.17. The predicted molar refractivity (Wildman–Crippen MR) is 99.5 cm³/mol. The molecule has 0 aliphatic heterocycles. The number of benzene rings is 1. The summed E-state index contributed by atoms with van der Waals surface area (Å²) < 4.78 is 12.4. The number of hydrogen-bond donors (Lipinski definition) is 1. The van der Waals surface area contributed by atoms with Gasteiger partial charge in [-0.15, -0.1) is 0 Å². The molecule has 1 amide bonds. The van der Waals surface area contributed by atoms with Crippen LogP contribution in [0.1, 0.15) is 34.4 Å². The van der Waals surface area contributed by atoms with Crippen molar-refractivity contribution in [3.8, 4) is 0 Å². The Bertz CT molecular complexity index is 944. The number of aryl methyl sites for hydroxylation is 2. The number of furan rings is 1. The number of nitrogens with zero attached hydrogens (tertiary/aromatic N) is 2. The Balaban J connectivity index is 1.59. The molecule has 27 heavy (non-hydrogen) atoms. The van der Waals surface area contributed by atoms with Crippen molar-refractivity contribution in [2.45, 2.75) is 33.4 Å². The molecule has 3 rings (SSSR count). The van der Waals surface area contributed by atoms with E-state index < -0.39 is 18.0 Å². The lowest BCUT2D eigenvalue weighted by atomic mass is 10.1. The lowest BCUT2D eigenvalue weighted by Crippen LogP contribution is -2.30. The van der Waals surface area contributed by atoms with Gasteiger partial charge < -0.3 is 14.5 Å². The van der Waals surface area contributed by atoms with Gasteiger partial charge in [-0.3, -0.25) is 9.48 Å². The molecule has 0 aliphatic rings. The quantitative estimate of drug-likeness (QED) is 0.676. The Morgan fingerprint density at radius 2 is 2.07 bits per heavy atom. The van der Waals surface area contributed by atoms with Crippen LogP contribution < -0.4 is 5.32 Å². The normalized spacial score (nSPS) is 11.8. The molecule has 1 atom stereocenters. The first-order chi connectivity index (χ1) is 12.9. The van der Waals surface area contributed by atoms with E-state index in [4.69, 9.17) is 9.15 Å². The van der Waals surface area contributed by atoms with E-state index >= 15 is 0 Å². The van der Waals surface area contributed by atoms with Crippen LogP contribution in [0.25, 0.3) is 0 Å². The van der Waals surface area contributed by atoms with Crippen LogP contribution in [0.15, 0.2) is 53.2 Å².